The molecular weight excluding hydrogens is 172 g/mol. The minimum absolute atomic E-state index is 0.0245. The van der Waals surface area contributed by atoms with Crippen LogP contribution in [-0.2, 0) is 9.59 Å². The number of hydrogen-bond donors (Lipinski definition) is 2. The van der Waals surface area contributed by atoms with Crippen LogP contribution in [-0.4, -0.2) is 47.6 Å². The Morgan fingerprint density at radius 3 is 3.08 bits per heavy atom. The maximum absolute atomic E-state index is 11.0. The summed E-state index contributed by atoms with van der Waals surface area (Å²) < 4.78 is 0. The first-order chi connectivity index (χ1) is 6.09. The van der Waals surface area contributed by atoms with Crippen LogP contribution in [0.4, 0.5) is 0 Å². The van der Waals surface area contributed by atoms with Crippen LogP contribution in [0.25, 0.3) is 0 Å². The fourth-order valence-corrected chi connectivity index (χ4v) is 1.33. The molecule has 1 aliphatic heterocycles. The van der Waals surface area contributed by atoms with Crippen molar-refractivity contribution in [2.45, 2.75) is 19.4 Å². The van der Waals surface area contributed by atoms with E-state index in [1.54, 1.807) is 0 Å². The summed E-state index contributed by atoms with van der Waals surface area (Å²) in [5.41, 5.74) is 0. The first-order valence-electron chi connectivity index (χ1n) is 4.32. The number of nitrogens with one attached hydrogen (secondary N) is 1. The molecule has 1 atom stereocenters. The number of rotatable bonds is 3. The van der Waals surface area contributed by atoms with Gasteiger partial charge in [0.15, 0.2) is 0 Å². The lowest BCUT2D eigenvalue weighted by atomic mass is 10.2. The predicted molar refractivity (Wildman–Crippen MR) is 46.3 cm³/mol. The first kappa shape index (κ1) is 9.98. The number of carbonyl (C=O) groups excluding carboxylic acids is 1. The van der Waals surface area contributed by atoms with Crippen molar-refractivity contribution in [3.05, 3.63) is 0 Å². The largest absolute Gasteiger partial charge is 0.481 e. The molecule has 5 heteroatoms. The molecule has 1 rings (SSSR count). The van der Waals surface area contributed by atoms with Gasteiger partial charge in [-0.15, -0.1) is 0 Å². The second kappa shape index (κ2) is 4.23. The molecule has 0 aromatic rings. The molecule has 0 spiro atoms. The average Bonchev–Trinajstić information content (AvgIpc) is 2.06. The first-order valence-corrected chi connectivity index (χ1v) is 4.32. The predicted octanol–water partition coefficient (Wildman–Crippen LogP) is -0.719. The summed E-state index contributed by atoms with van der Waals surface area (Å²) in [5.74, 6) is -0.846. The highest BCUT2D eigenvalue weighted by molar-refractivity contribution is 5.79. The lowest BCUT2D eigenvalue weighted by Gasteiger charge is -2.32. The Morgan fingerprint density at radius 1 is 1.77 bits per heavy atom. The lowest BCUT2D eigenvalue weighted by molar-refractivity contribution is -0.138. The highest BCUT2D eigenvalue weighted by atomic mass is 16.4. The third-order valence-corrected chi connectivity index (χ3v) is 2.18. The van der Waals surface area contributed by atoms with Gasteiger partial charge < -0.3 is 10.4 Å². The van der Waals surface area contributed by atoms with Crippen molar-refractivity contribution in [3.8, 4) is 0 Å². The Kier molecular flexibility index (Phi) is 3.25. The average molecular weight is 186 g/mol. The van der Waals surface area contributed by atoms with E-state index in [9.17, 15) is 9.59 Å². The molecule has 0 aromatic carbocycles. The number of hydrogen-bond acceptors (Lipinski definition) is 3. The van der Waals surface area contributed by atoms with Gasteiger partial charge in [0, 0.05) is 19.1 Å². The van der Waals surface area contributed by atoms with Crippen molar-refractivity contribution in [2.75, 3.05) is 19.6 Å². The van der Waals surface area contributed by atoms with Gasteiger partial charge >= 0.3 is 5.97 Å². The zero-order chi connectivity index (χ0) is 9.84. The second-order valence-electron chi connectivity index (χ2n) is 3.27. The van der Waals surface area contributed by atoms with Crippen LogP contribution in [0.3, 0.4) is 0 Å². The summed E-state index contributed by atoms with van der Waals surface area (Å²) in [5, 5.41) is 11.2. The van der Waals surface area contributed by atoms with Gasteiger partial charge in [0.2, 0.25) is 5.91 Å². The van der Waals surface area contributed by atoms with Gasteiger partial charge in [-0.1, -0.05) is 0 Å². The molecule has 74 valence electrons. The normalized spacial score (nSPS) is 24.1. The molecule has 1 aliphatic rings. The van der Waals surface area contributed by atoms with Gasteiger partial charge in [0.25, 0.3) is 0 Å². The number of nitrogens with zero attached hydrogens (tertiary/aromatic N) is 1. The molecule has 1 amide bonds. The molecular formula is C8H14N2O3. The molecule has 5 nitrogen and oxygen atoms in total. The molecule has 13 heavy (non-hydrogen) atoms. The molecule has 1 unspecified atom stereocenters. The second-order valence-corrected chi connectivity index (χ2v) is 3.27. The fraction of sp³-hybridized carbons (Fsp3) is 0.750. The van der Waals surface area contributed by atoms with Crippen LogP contribution < -0.4 is 5.32 Å². The van der Waals surface area contributed by atoms with Crippen molar-refractivity contribution < 1.29 is 14.7 Å². The maximum Gasteiger partial charge on any atom is 0.304 e. The minimum Gasteiger partial charge on any atom is -0.481 e. The van der Waals surface area contributed by atoms with Gasteiger partial charge in [0.05, 0.1) is 13.0 Å². The van der Waals surface area contributed by atoms with Gasteiger partial charge in [-0.25, -0.2) is 0 Å². The van der Waals surface area contributed by atoms with E-state index in [0.29, 0.717) is 19.6 Å². The molecule has 0 aromatic heterocycles. The highest BCUT2D eigenvalue weighted by Crippen LogP contribution is 2.03. The Labute approximate surface area is 76.7 Å². The molecule has 0 bridgehead atoms. The summed E-state index contributed by atoms with van der Waals surface area (Å²) in [4.78, 5) is 23.1. The molecule has 1 saturated heterocycles. The summed E-state index contributed by atoms with van der Waals surface area (Å²) in [6.07, 6.45) is 0.0949. The van der Waals surface area contributed by atoms with Crippen molar-refractivity contribution in [1.29, 1.82) is 0 Å². The van der Waals surface area contributed by atoms with E-state index in [4.69, 9.17) is 5.11 Å². The standard InChI is InChI=1S/C8H14N2O3/c1-6-4-9-7(11)5-10(6)3-2-8(12)13/h6H,2-5H2,1H3,(H,9,11)(H,12,13). The Bertz CT molecular complexity index is 217. The monoisotopic (exact) mass is 186 g/mol. The van der Waals surface area contributed by atoms with Crippen molar-refractivity contribution >= 4 is 11.9 Å². The zero-order valence-corrected chi connectivity index (χ0v) is 7.62. The Morgan fingerprint density at radius 2 is 2.46 bits per heavy atom. The topological polar surface area (TPSA) is 69.6 Å². The van der Waals surface area contributed by atoms with Crippen LogP contribution in [0.1, 0.15) is 13.3 Å². The van der Waals surface area contributed by atoms with Gasteiger partial charge in [-0.2, -0.15) is 0 Å². The number of carboxylic acid groups (broad SMARTS) is 1. The quantitative estimate of drug-likeness (QED) is 0.610. The van der Waals surface area contributed by atoms with Crippen LogP contribution in [0.5, 0.6) is 0 Å². The van der Waals surface area contributed by atoms with Crippen LogP contribution in [0, 0.1) is 0 Å². The van der Waals surface area contributed by atoms with Gasteiger partial charge in [-0.05, 0) is 6.92 Å². The summed E-state index contributed by atoms with van der Waals surface area (Å²) in [6.45, 7) is 3.35. The van der Waals surface area contributed by atoms with Crippen LogP contribution in [0.15, 0.2) is 0 Å². The Balaban J connectivity index is 2.37. The molecule has 1 heterocycles. The lowest BCUT2D eigenvalue weighted by Crippen LogP contribution is -2.53. The van der Waals surface area contributed by atoms with Crippen molar-refractivity contribution in [2.24, 2.45) is 0 Å². The molecule has 2 N–H and O–H groups in total. The summed E-state index contributed by atoms with van der Waals surface area (Å²) in [7, 11) is 0. The van der Waals surface area contributed by atoms with Gasteiger partial charge in [-0.3, -0.25) is 14.5 Å². The number of aliphatic carboxylic acids is 1. The minimum atomic E-state index is -0.821. The van der Waals surface area contributed by atoms with E-state index in [1.807, 2.05) is 11.8 Å². The molecule has 1 fully saturated rings. The van der Waals surface area contributed by atoms with E-state index in [2.05, 4.69) is 5.32 Å². The zero-order valence-electron chi connectivity index (χ0n) is 7.62. The van der Waals surface area contributed by atoms with Crippen molar-refractivity contribution in [3.63, 3.8) is 0 Å². The number of carbonyl (C=O) groups is 2. The fourth-order valence-electron chi connectivity index (χ4n) is 1.33. The number of carboxylic acids is 1. The SMILES string of the molecule is CC1CNC(=O)CN1CCC(=O)O. The van der Waals surface area contributed by atoms with E-state index in [0.717, 1.165) is 0 Å². The van der Waals surface area contributed by atoms with Crippen LogP contribution in [0.2, 0.25) is 0 Å². The summed E-state index contributed by atoms with van der Waals surface area (Å²) >= 11 is 0. The molecule has 0 radical (unpaired) electrons. The van der Waals surface area contributed by atoms with E-state index < -0.39 is 5.97 Å². The van der Waals surface area contributed by atoms with Crippen LogP contribution >= 0.6 is 0 Å². The van der Waals surface area contributed by atoms with E-state index in [1.165, 1.54) is 0 Å². The van der Waals surface area contributed by atoms with Gasteiger partial charge in [0.1, 0.15) is 0 Å². The van der Waals surface area contributed by atoms with E-state index >= 15 is 0 Å². The molecule has 0 aliphatic carbocycles. The van der Waals surface area contributed by atoms with E-state index in [-0.39, 0.29) is 18.4 Å². The third kappa shape index (κ3) is 3.02. The third-order valence-electron chi connectivity index (χ3n) is 2.18. The Hall–Kier alpha value is -1.10. The summed E-state index contributed by atoms with van der Waals surface area (Å²) in [6, 6.07) is 0.233. The number of amides is 1. The van der Waals surface area contributed by atoms with Crippen molar-refractivity contribution in [1.82, 2.24) is 10.2 Å². The molecule has 0 saturated carbocycles. The number of piperazine rings is 1. The highest BCUT2D eigenvalue weighted by Gasteiger charge is 2.22. The maximum atomic E-state index is 11.0. The smallest absolute Gasteiger partial charge is 0.304 e.